The number of benzene rings is 2. The molecular formula is C22H22BrNO2S. The summed E-state index contributed by atoms with van der Waals surface area (Å²) in [6.45, 7) is 0. The molecule has 140 valence electrons. The summed E-state index contributed by atoms with van der Waals surface area (Å²) in [7, 11) is -3.44. The fourth-order valence-electron chi connectivity index (χ4n) is 4.23. The third kappa shape index (κ3) is 3.50. The lowest BCUT2D eigenvalue weighted by atomic mass is 9.74. The van der Waals surface area contributed by atoms with Crippen molar-refractivity contribution in [3.05, 3.63) is 94.2 Å². The predicted molar refractivity (Wildman–Crippen MR) is 112 cm³/mol. The van der Waals surface area contributed by atoms with E-state index in [4.69, 9.17) is 0 Å². The second-order valence-electron chi connectivity index (χ2n) is 7.24. The zero-order chi connectivity index (χ0) is 18.9. The van der Waals surface area contributed by atoms with Gasteiger partial charge in [0.15, 0.2) is 0 Å². The molecule has 27 heavy (non-hydrogen) atoms. The molecule has 0 N–H and O–H groups in total. The van der Waals surface area contributed by atoms with E-state index in [0.717, 1.165) is 41.3 Å². The number of nitrogens with zero attached hydrogens (tertiary/aromatic N) is 1. The van der Waals surface area contributed by atoms with Crippen LogP contribution in [-0.4, -0.2) is 12.4 Å². The molecule has 0 unspecified atom stereocenters. The molecule has 5 heteroatoms. The normalized spacial score (nSPS) is 16.5. The van der Waals surface area contributed by atoms with E-state index < -0.39 is 10.0 Å². The Morgan fingerprint density at radius 1 is 0.926 bits per heavy atom. The molecule has 0 amide bonds. The Morgan fingerprint density at radius 3 is 2.30 bits per heavy atom. The summed E-state index contributed by atoms with van der Waals surface area (Å²) in [6, 6.07) is 19.6. The van der Waals surface area contributed by atoms with Gasteiger partial charge in [-0.25, -0.2) is 8.42 Å². The number of halogens is 1. The van der Waals surface area contributed by atoms with Crippen molar-refractivity contribution in [3.63, 3.8) is 0 Å². The highest BCUT2D eigenvalue weighted by Gasteiger charge is 2.39. The SMILES string of the molecule is O=S(=O)(Cc1ccccc1)n1ccc(C2(c3ccccc3Br)CCCC2)c1. The molecule has 4 rings (SSSR count). The van der Waals surface area contributed by atoms with Gasteiger partial charge in [0.05, 0.1) is 5.75 Å². The molecule has 0 spiro atoms. The Morgan fingerprint density at radius 2 is 1.59 bits per heavy atom. The quantitative estimate of drug-likeness (QED) is 0.522. The average molecular weight is 444 g/mol. The summed E-state index contributed by atoms with van der Waals surface area (Å²) >= 11 is 3.70. The molecule has 0 bridgehead atoms. The first-order chi connectivity index (χ1) is 13.0. The summed E-state index contributed by atoms with van der Waals surface area (Å²) in [6.07, 6.45) is 7.91. The largest absolute Gasteiger partial charge is 0.252 e. The minimum absolute atomic E-state index is 0.00396. The van der Waals surface area contributed by atoms with Crippen LogP contribution in [0.15, 0.2) is 77.5 Å². The number of hydrogen-bond acceptors (Lipinski definition) is 2. The van der Waals surface area contributed by atoms with Crippen molar-refractivity contribution >= 4 is 26.0 Å². The molecule has 3 aromatic rings. The van der Waals surface area contributed by atoms with E-state index in [0.29, 0.717) is 0 Å². The minimum atomic E-state index is -3.44. The van der Waals surface area contributed by atoms with Gasteiger partial charge in [-0.15, -0.1) is 0 Å². The van der Waals surface area contributed by atoms with Gasteiger partial charge in [-0.1, -0.05) is 77.3 Å². The van der Waals surface area contributed by atoms with Gasteiger partial charge in [0.25, 0.3) is 0 Å². The van der Waals surface area contributed by atoms with Crippen LogP contribution < -0.4 is 0 Å². The zero-order valence-electron chi connectivity index (χ0n) is 15.0. The first-order valence-corrected chi connectivity index (χ1v) is 11.6. The van der Waals surface area contributed by atoms with Gasteiger partial charge in [-0.05, 0) is 41.7 Å². The summed E-state index contributed by atoms with van der Waals surface area (Å²) < 4.78 is 28.3. The molecule has 1 aromatic heterocycles. The highest BCUT2D eigenvalue weighted by molar-refractivity contribution is 9.10. The van der Waals surface area contributed by atoms with Gasteiger partial charge in [0.1, 0.15) is 0 Å². The topological polar surface area (TPSA) is 39.1 Å². The molecule has 0 aliphatic heterocycles. The van der Waals surface area contributed by atoms with Gasteiger partial charge >= 0.3 is 0 Å². The van der Waals surface area contributed by atoms with Crippen LogP contribution in [0.25, 0.3) is 0 Å². The third-order valence-electron chi connectivity index (χ3n) is 5.58. The highest BCUT2D eigenvalue weighted by atomic mass is 79.9. The lowest BCUT2D eigenvalue weighted by molar-refractivity contribution is 0.532. The molecule has 1 aliphatic rings. The van der Waals surface area contributed by atoms with E-state index in [1.54, 1.807) is 6.20 Å². The van der Waals surface area contributed by atoms with Gasteiger partial charge in [-0.3, -0.25) is 3.97 Å². The van der Waals surface area contributed by atoms with E-state index in [2.05, 4.69) is 34.1 Å². The van der Waals surface area contributed by atoms with Crippen LogP contribution in [0.4, 0.5) is 0 Å². The molecule has 2 aromatic carbocycles. The van der Waals surface area contributed by atoms with Crippen molar-refractivity contribution in [1.29, 1.82) is 0 Å². The Kier molecular flexibility index (Phi) is 4.99. The van der Waals surface area contributed by atoms with Crippen molar-refractivity contribution in [3.8, 4) is 0 Å². The van der Waals surface area contributed by atoms with Crippen LogP contribution in [0.5, 0.6) is 0 Å². The zero-order valence-corrected chi connectivity index (χ0v) is 17.4. The molecule has 1 saturated carbocycles. The minimum Gasteiger partial charge on any atom is -0.252 e. The van der Waals surface area contributed by atoms with Crippen LogP contribution >= 0.6 is 15.9 Å². The molecule has 0 atom stereocenters. The lowest BCUT2D eigenvalue weighted by Crippen LogP contribution is -2.24. The van der Waals surface area contributed by atoms with Crippen molar-refractivity contribution in [2.45, 2.75) is 36.9 Å². The van der Waals surface area contributed by atoms with Crippen LogP contribution in [0.2, 0.25) is 0 Å². The second-order valence-corrected chi connectivity index (χ2v) is 9.97. The van der Waals surface area contributed by atoms with Gasteiger partial charge in [-0.2, -0.15) is 0 Å². The summed E-state index contributed by atoms with van der Waals surface area (Å²) in [5.41, 5.74) is 3.02. The van der Waals surface area contributed by atoms with E-state index in [9.17, 15) is 8.42 Å². The van der Waals surface area contributed by atoms with Crippen molar-refractivity contribution in [1.82, 2.24) is 3.97 Å². The smallest absolute Gasteiger partial charge is 0.242 e. The lowest BCUT2D eigenvalue weighted by Gasteiger charge is -2.30. The van der Waals surface area contributed by atoms with E-state index in [-0.39, 0.29) is 11.2 Å². The second kappa shape index (κ2) is 7.28. The van der Waals surface area contributed by atoms with Crippen molar-refractivity contribution < 1.29 is 8.42 Å². The molecule has 0 radical (unpaired) electrons. The summed E-state index contributed by atoms with van der Waals surface area (Å²) in [5.74, 6) is 0.00396. The number of rotatable bonds is 5. The maximum absolute atomic E-state index is 12.9. The Balaban J connectivity index is 1.71. The van der Waals surface area contributed by atoms with Gasteiger partial charge in [0.2, 0.25) is 10.0 Å². The van der Waals surface area contributed by atoms with Gasteiger partial charge in [0, 0.05) is 22.3 Å². The van der Waals surface area contributed by atoms with E-state index in [1.807, 2.05) is 48.7 Å². The Labute approximate surface area is 169 Å². The number of hydrogen-bond donors (Lipinski definition) is 0. The Hall–Kier alpha value is -1.85. The fraction of sp³-hybridized carbons (Fsp3) is 0.273. The summed E-state index contributed by atoms with van der Waals surface area (Å²) in [4.78, 5) is 0. The Bertz CT molecular complexity index is 1030. The maximum atomic E-state index is 12.9. The molecule has 1 fully saturated rings. The summed E-state index contributed by atoms with van der Waals surface area (Å²) in [5, 5.41) is 0. The average Bonchev–Trinajstić information content (AvgIpc) is 3.33. The van der Waals surface area contributed by atoms with Crippen LogP contribution in [-0.2, 0) is 21.2 Å². The molecule has 1 aliphatic carbocycles. The van der Waals surface area contributed by atoms with Crippen molar-refractivity contribution in [2.24, 2.45) is 0 Å². The molecular weight excluding hydrogens is 422 g/mol. The molecule has 0 saturated heterocycles. The maximum Gasteiger partial charge on any atom is 0.242 e. The standard InChI is InChI=1S/C22H22BrNO2S/c23-21-11-5-4-10-20(21)22(13-6-7-14-22)19-12-15-24(16-19)27(25,26)17-18-8-2-1-3-9-18/h1-5,8-12,15-16H,6-7,13-14,17H2. The van der Waals surface area contributed by atoms with Crippen molar-refractivity contribution in [2.75, 3.05) is 0 Å². The van der Waals surface area contributed by atoms with Crippen LogP contribution in [0, 0.1) is 0 Å². The highest BCUT2D eigenvalue weighted by Crippen LogP contribution is 2.48. The fourth-order valence-corrected chi connectivity index (χ4v) is 6.18. The first-order valence-electron chi connectivity index (χ1n) is 9.22. The molecule has 1 heterocycles. The van der Waals surface area contributed by atoms with E-state index in [1.165, 1.54) is 9.54 Å². The number of aromatic nitrogens is 1. The third-order valence-corrected chi connectivity index (χ3v) is 7.84. The molecule has 3 nitrogen and oxygen atoms in total. The monoisotopic (exact) mass is 443 g/mol. The van der Waals surface area contributed by atoms with E-state index >= 15 is 0 Å². The predicted octanol–water partition coefficient (Wildman–Crippen LogP) is 5.49. The van der Waals surface area contributed by atoms with Crippen LogP contribution in [0.1, 0.15) is 42.4 Å². The van der Waals surface area contributed by atoms with Gasteiger partial charge < -0.3 is 0 Å². The van der Waals surface area contributed by atoms with Crippen LogP contribution in [0.3, 0.4) is 0 Å². The first kappa shape index (κ1) is 18.5.